The van der Waals surface area contributed by atoms with Gasteiger partial charge in [-0.1, -0.05) is 48.5 Å². The Morgan fingerprint density at radius 3 is 2.47 bits per heavy atom. The fourth-order valence-corrected chi connectivity index (χ4v) is 7.87. The number of aromatic nitrogens is 3. The smallest absolute Gasteiger partial charge is 0.245 e. The number of hydrogen-bond donors (Lipinski definition) is 0. The van der Waals surface area contributed by atoms with Crippen LogP contribution in [0.15, 0.2) is 71.6 Å². The number of sulfonamides is 1. The molecule has 6 rings (SSSR count). The van der Waals surface area contributed by atoms with Crippen molar-refractivity contribution in [2.24, 2.45) is 0 Å². The summed E-state index contributed by atoms with van der Waals surface area (Å²) >= 11 is 1.05. The lowest BCUT2D eigenvalue weighted by molar-refractivity contribution is 0.320. The Morgan fingerprint density at radius 1 is 0.917 bits per heavy atom. The van der Waals surface area contributed by atoms with Crippen LogP contribution in [0.3, 0.4) is 0 Å². The highest BCUT2D eigenvalue weighted by Gasteiger charge is 2.33. The van der Waals surface area contributed by atoms with E-state index >= 15 is 0 Å². The number of fused-ring (bicyclic) bond motifs is 2. The first kappa shape index (κ1) is 23.3. The van der Waals surface area contributed by atoms with E-state index in [-0.39, 0.29) is 4.90 Å². The Hall–Kier alpha value is -3.07. The van der Waals surface area contributed by atoms with Crippen molar-refractivity contribution in [3.8, 4) is 0 Å². The number of aryl methyl sites for hydroxylation is 1. The van der Waals surface area contributed by atoms with Gasteiger partial charge >= 0.3 is 0 Å². The minimum absolute atomic E-state index is 0.262. The monoisotopic (exact) mass is 516 g/mol. The number of piperidine rings is 1. The first-order chi connectivity index (χ1) is 17.4. The molecule has 3 aromatic carbocycles. The molecule has 0 spiro atoms. The Labute approximate surface area is 215 Å². The highest BCUT2D eigenvalue weighted by molar-refractivity contribution is 7.89. The second kappa shape index (κ2) is 9.10. The molecule has 0 aliphatic carbocycles. The largest absolute Gasteiger partial charge is 0.340 e. The number of nitrogens with zero attached hydrogens (tertiary/aromatic N) is 4. The molecule has 1 aliphatic heterocycles. The Balaban J connectivity index is 1.30. The zero-order valence-corrected chi connectivity index (χ0v) is 22.0. The molecule has 1 aliphatic rings. The van der Waals surface area contributed by atoms with Gasteiger partial charge in [-0.3, -0.25) is 0 Å². The van der Waals surface area contributed by atoms with Gasteiger partial charge in [-0.05, 0) is 67.5 Å². The number of rotatable bonds is 5. The molecule has 3 heterocycles. The zero-order valence-electron chi connectivity index (χ0n) is 20.4. The highest BCUT2D eigenvalue weighted by Crippen LogP contribution is 2.39. The minimum Gasteiger partial charge on any atom is -0.340 e. The quantitative estimate of drug-likeness (QED) is 0.293. The van der Waals surface area contributed by atoms with Crippen LogP contribution in [0.25, 0.3) is 21.9 Å². The van der Waals surface area contributed by atoms with E-state index in [4.69, 9.17) is 0 Å². The van der Waals surface area contributed by atoms with Crippen LogP contribution >= 0.6 is 11.7 Å². The van der Waals surface area contributed by atoms with Crippen molar-refractivity contribution in [3.63, 3.8) is 0 Å². The maximum Gasteiger partial charge on any atom is 0.245 e. The Kier molecular flexibility index (Phi) is 5.90. The van der Waals surface area contributed by atoms with E-state index in [1.54, 1.807) is 22.5 Å². The van der Waals surface area contributed by atoms with E-state index < -0.39 is 10.0 Å². The number of hydrogen-bond acceptors (Lipinski definition) is 5. The molecule has 1 fully saturated rings. The fourth-order valence-electron chi connectivity index (χ4n) is 5.65. The van der Waals surface area contributed by atoms with Crippen LogP contribution in [-0.2, 0) is 16.6 Å². The van der Waals surface area contributed by atoms with Crippen molar-refractivity contribution in [3.05, 3.63) is 89.1 Å². The van der Waals surface area contributed by atoms with Gasteiger partial charge in [0.15, 0.2) is 0 Å². The van der Waals surface area contributed by atoms with Crippen molar-refractivity contribution >= 4 is 43.7 Å². The average molecular weight is 517 g/mol. The Bertz CT molecular complexity index is 1680. The van der Waals surface area contributed by atoms with Gasteiger partial charge in [0.2, 0.25) is 10.0 Å². The van der Waals surface area contributed by atoms with Crippen LogP contribution < -0.4 is 0 Å². The first-order valence-corrected chi connectivity index (χ1v) is 14.5. The summed E-state index contributed by atoms with van der Waals surface area (Å²) in [6.07, 6.45) is 1.59. The lowest BCUT2D eigenvalue weighted by Gasteiger charge is -2.31. The second-order valence-electron chi connectivity index (χ2n) is 9.60. The molecule has 0 atom stereocenters. The normalized spacial score (nSPS) is 15.7. The maximum absolute atomic E-state index is 13.5. The van der Waals surface area contributed by atoms with Crippen LogP contribution in [-0.4, -0.2) is 39.1 Å². The van der Waals surface area contributed by atoms with Gasteiger partial charge < -0.3 is 4.57 Å². The van der Waals surface area contributed by atoms with E-state index in [0.29, 0.717) is 30.0 Å². The van der Waals surface area contributed by atoms with Gasteiger partial charge in [-0.25, -0.2) is 8.42 Å². The molecular weight excluding hydrogens is 488 g/mol. The van der Waals surface area contributed by atoms with E-state index in [1.165, 1.54) is 33.3 Å². The summed E-state index contributed by atoms with van der Waals surface area (Å²) in [5, 5.41) is 1.28. The van der Waals surface area contributed by atoms with Gasteiger partial charge in [0.1, 0.15) is 15.9 Å². The summed E-state index contributed by atoms with van der Waals surface area (Å²) in [5.74, 6) is 0.316. The van der Waals surface area contributed by atoms with E-state index in [1.807, 2.05) is 0 Å². The van der Waals surface area contributed by atoms with Crippen molar-refractivity contribution < 1.29 is 8.42 Å². The van der Waals surface area contributed by atoms with Crippen LogP contribution in [0.1, 0.15) is 41.1 Å². The van der Waals surface area contributed by atoms with Gasteiger partial charge in [-0.15, -0.1) is 0 Å². The molecule has 36 heavy (non-hydrogen) atoms. The third-order valence-electron chi connectivity index (χ3n) is 7.60. The van der Waals surface area contributed by atoms with Gasteiger partial charge in [0, 0.05) is 36.2 Å². The van der Waals surface area contributed by atoms with Crippen molar-refractivity contribution in [1.82, 2.24) is 17.6 Å². The summed E-state index contributed by atoms with van der Waals surface area (Å²) in [4.78, 5) is 0.262. The predicted molar refractivity (Wildman–Crippen MR) is 145 cm³/mol. The molecule has 0 amide bonds. The SMILES string of the molecule is Cc1ccccc1Cn1c(C)c(C2CCN(S(=O)(=O)c3cccc4nsnc34)CC2)c2ccccc21. The molecule has 2 aromatic heterocycles. The molecular formula is C28H28N4O2S2. The van der Waals surface area contributed by atoms with E-state index in [9.17, 15) is 8.42 Å². The maximum atomic E-state index is 13.5. The second-order valence-corrected chi connectivity index (χ2v) is 12.0. The lowest BCUT2D eigenvalue weighted by Crippen LogP contribution is -2.38. The molecule has 184 valence electrons. The fraction of sp³-hybridized carbons (Fsp3) is 0.286. The molecule has 1 saturated heterocycles. The van der Waals surface area contributed by atoms with E-state index in [2.05, 4.69) is 75.7 Å². The first-order valence-electron chi connectivity index (χ1n) is 12.3. The molecule has 8 heteroatoms. The van der Waals surface area contributed by atoms with E-state index in [0.717, 1.165) is 31.1 Å². The van der Waals surface area contributed by atoms with Crippen molar-refractivity contribution in [2.45, 2.75) is 44.0 Å². The standard InChI is InChI=1S/C28H28N4O2S2/c1-19-8-3-4-9-22(19)18-32-20(2)27(23-10-5-6-12-25(23)32)21-14-16-31(17-15-21)36(33,34)26-13-7-11-24-28(26)30-35-29-24/h3-13,21H,14-18H2,1-2H3. The predicted octanol–water partition coefficient (Wildman–Crippen LogP) is 5.88. The molecule has 6 nitrogen and oxygen atoms in total. The van der Waals surface area contributed by atoms with Crippen LogP contribution in [0, 0.1) is 13.8 Å². The molecule has 5 aromatic rings. The third kappa shape index (κ3) is 3.84. The molecule has 0 N–H and O–H groups in total. The van der Waals surface area contributed by atoms with Crippen molar-refractivity contribution in [1.29, 1.82) is 0 Å². The van der Waals surface area contributed by atoms with Crippen LogP contribution in [0.5, 0.6) is 0 Å². The molecule has 0 bridgehead atoms. The van der Waals surface area contributed by atoms with Gasteiger partial charge in [-0.2, -0.15) is 13.1 Å². The summed E-state index contributed by atoms with van der Waals surface area (Å²) < 4.78 is 39.6. The number of para-hydroxylation sites is 1. The van der Waals surface area contributed by atoms with Crippen LogP contribution in [0.4, 0.5) is 0 Å². The highest BCUT2D eigenvalue weighted by atomic mass is 32.2. The molecule has 0 unspecified atom stereocenters. The van der Waals surface area contributed by atoms with Gasteiger partial charge in [0.25, 0.3) is 0 Å². The molecule has 0 saturated carbocycles. The summed E-state index contributed by atoms with van der Waals surface area (Å²) in [6.45, 7) is 6.20. The zero-order chi connectivity index (χ0) is 24.9. The van der Waals surface area contributed by atoms with Crippen molar-refractivity contribution in [2.75, 3.05) is 13.1 Å². The average Bonchev–Trinajstić information content (AvgIpc) is 3.48. The Morgan fingerprint density at radius 2 is 1.67 bits per heavy atom. The van der Waals surface area contributed by atoms with Crippen LogP contribution in [0.2, 0.25) is 0 Å². The molecule has 0 radical (unpaired) electrons. The third-order valence-corrected chi connectivity index (χ3v) is 10.1. The summed E-state index contributed by atoms with van der Waals surface area (Å²) in [6, 6.07) is 22.4. The lowest BCUT2D eigenvalue weighted by atomic mass is 9.88. The topological polar surface area (TPSA) is 68.1 Å². The summed E-state index contributed by atoms with van der Waals surface area (Å²) in [5.41, 5.74) is 7.60. The number of benzene rings is 3. The minimum atomic E-state index is -3.62. The van der Waals surface area contributed by atoms with Gasteiger partial charge in [0.05, 0.1) is 11.7 Å². The summed E-state index contributed by atoms with van der Waals surface area (Å²) in [7, 11) is -3.62.